The maximum absolute atomic E-state index is 13.0. The Morgan fingerprint density at radius 1 is 1.14 bits per heavy atom. The molecule has 178 valence electrons. The topological polar surface area (TPSA) is 155 Å². The van der Waals surface area contributed by atoms with Gasteiger partial charge in [0, 0.05) is 39.0 Å². The molecule has 0 bridgehead atoms. The van der Waals surface area contributed by atoms with Gasteiger partial charge in [-0.1, -0.05) is 0 Å². The number of hydrogen-bond donors (Lipinski definition) is 4. The van der Waals surface area contributed by atoms with Crippen LogP contribution in [0.4, 0.5) is 27.8 Å². The van der Waals surface area contributed by atoms with Crippen molar-refractivity contribution in [1.29, 1.82) is 0 Å². The van der Waals surface area contributed by atoms with Crippen molar-refractivity contribution < 1.29 is 9.59 Å². The highest BCUT2D eigenvalue weighted by atomic mass is 16.2. The second-order valence-corrected chi connectivity index (χ2v) is 9.29. The summed E-state index contributed by atoms with van der Waals surface area (Å²) in [4.78, 5) is 33.0. The normalized spacial score (nSPS) is 14.5. The number of nitrogens with zero attached hydrogens (tertiary/aromatic N) is 7. The Morgan fingerprint density at radius 2 is 1.89 bits per heavy atom. The Balaban J connectivity index is 1.80. The zero-order valence-corrected chi connectivity index (χ0v) is 20.8. The Morgan fingerprint density at radius 3 is 2.57 bits per heavy atom. The van der Waals surface area contributed by atoms with Crippen molar-refractivity contribution in [2.75, 3.05) is 29.6 Å². The van der Waals surface area contributed by atoms with Gasteiger partial charge in [0.15, 0.2) is 17.3 Å². The molecule has 0 spiro atoms. The molecule has 0 saturated carbocycles. The first kappa shape index (κ1) is 24.0. The van der Waals surface area contributed by atoms with Gasteiger partial charge in [0.2, 0.25) is 0 Å². The fourth-order valence-electron chi connectivity index (χ4n) is 3.79. The lowest BCUT2D eigenvalue weighted by Gasteiger charge is -2.33. The number of pyridine rings is 1. The third-order valence-corrected chi connectivity index (χ3v) is 5.47. The van der Waals surface area contributed by atoms with Crippen LogP contribution in [-0.4, -0.2) is 85.0 Å². The number of carbonyl (C=O) groups is 2. The zero-order chi connectivity index (χ0) is 25.5. The van der Waals surface area contributed by atoms with Crippen LogP contribution in [0.25, 0.3) is 11.3 Å². The minimum absolute atomic E-state index is 0.0550. The Kier molecular flexibility index (Phi) is 6.13. The van der Waals surface area contributed by atoms with E-state index in [1.54, 1.807) is 24.1 Å². The molecule has 0 saturated heterocycles. The van der Waals surface area contributed by atoms with Gasteiger partial charge in [0.05, 0.1) is 17.4 Å². The summed E-state index contributed by atoms with van der Waals surface area (Å²) in [6.07, 6.45) is 1.66. The quantitative estimate of drug-likeness (QED) is 0.306. The third-order valence-electron chi connectivity index (χ3n) is 5.47. The lowest BCUT2D eigenvalue weighted by Crippen LogP contribution is -2.50. The average molecular weight is 473 g/mol. The van der Waals surface area contributed by atoms with E-state index in [0.29, 0.717) is 11.5 Å². The van der Waals surface area contributed by atoms with E-state index in [1.807, 2.05) is 43.6 Å². The number of anilines is 4. The van der Waals surface area contributed by atoms with Gasteiger partial charge in [-0.2, -0.15) is 15.0 Å². The van der Waals surface area contributed by atoms with E-state index >= 15 is 0 Å². The number of rotatable bonds is 5. The minimum Gasteiger partial charge on any atom is -0.368 e. The van der Waals surface area contributed by atoms with Crippen LogP contribution in [0.5, 0.6) is 0 Å². The molecule has 0 radical (unpaired) electrons. The second kappa shape index (κ2) is 8.93. The molecule has 4 rings (SSSR count). The van der Waals surface area contributed by atoms with Gasteiger partial charge >= 0.3 is 6.03 Å². The maximum Gasteiger partial charge on any atom is 0.320 e. The molecule has 35 heavy (non-hydrogen) atoms. The van der Waals surface area contributed by atoms with Gasteiger partial charge in [-0.3, -0.25) is 10.1 Å². The predicted molar refractivity (Wildman–Crippen MR) is 140 cm³/mol. The van der Waals surface area contributed by atoms with E-state index in [2.05, 4.69) is 51.5 Å². The first-order valence-electron chi connectivity index (χ1n) is 11.1. The molecular weight excluding hydrogens is 447 g/mol. The first-order valence-corrected chi connectivity index (χ1v) is 11.1. The SMILES string of the molecule is BC(B)(B)NC(=O)c1nnc(NC(=O)NC)cc1Nc1nccc2c1N(C)[C@H](C)c1nn(C)nc1-2. The summed E-state index contributed by atoms with van der Waals surface area (Å²) in [5, 5.41) is 27.9. The number of aromatic nitrogens is 6. The number of amides is 3. The molecule has 1 atom stereocenters. The van der Waals surface area contributed by atoms with E-state index < -0.39 is 17.2 Å². The Labute approximate surface area is 205 Å². The summed E-state index contributed by atoms with van der Waals surface area (Å²) >= 11 is 0. The molecule has 0 unspecified atom stereocenters. The summed E-state index contributed by atoms with van der Waals surface area (Å²) < 4.78 is 0. The van der Waals surface area contributed by atoms with Crippen LogP contribution in [0.2, 0.25) is 0 Å². The molecule has 3 aromatic heterocycles. The zero-order valence-electron chi connectivity index (χ0n) is 20.8. The number of fused-ring (bicyclic) bond motifs is 3. The molecular formula is C19H26B3N11O2. The van der Waals surface area contributed by atoms with Gasteiger partial charge in [-0.05, 0) is 18.2 Å². The molecule has 0 aliphatic carbocycles. The summed E-state index contributed by atoms with van der Waals surface area (Å²) in [6, 6.07) is 2.91. The lowest BCUT2D eigenvalue weighted by atomic mass is 9.49. The number of nitrogens with one attached hydrogen (secondary N) is 4. The van der Waals surface area contributed by atoms with Crippen molar-refractivity contribution >= 4 is 58.5 Å². The lowest BCUT2D eigenvalue weighted by molar-refractivity contribution is 0.0947. The standard InChI is InChI=1S/C19H26B3N11O2/c1-8-12-13(31-33(4)30-12)9-5-6-24-16(15(9)32(8)3)25-10-7-11(26-18(35)23-2)28-29-14(10)17(34)27-19(20,21)22/h5-8H,20-22H2,1-4H3,(H,27,34)(H3,23,24,25,26,28,35)/t8-/m1/s1. The number of carbonyl (C=O) groups excluding carboxylic acids is 2. The fraction of sp³-hybridized carbons (Fsp3) is 0.316. The van der Waals surface area contributed by atoms with Gasteiger partial charge < -0.3 is 20.9 Å². The first-order chi connectivity index (χ1) is 16.5. The van der Waals surface area contributed by atoms with Crippen LogP contribution < -0.4 is 26.2 Å². The predicted octanol–water partition coefficient (Wildman–Crippen LogP) is -2.09. The molecule has 4 N–H and O–H groups in total. The van der Waals surface area contributed by atoms with Crippen molar-refractivity contribution in [3.8, 4) is 11.3 Å². The second-order valence-electron chi connectivity index (χ2n) is 9.29. The van der Waals surface area contributed by atoms with Crippen molar-refractivity contribution in [2.24, 2.45) is 7.05 Å². The highest BCUT2D eigenvalue weighted by Crippen LogP contribution is 2.45. The van der Waals surface area contributed by atoms with E-state index in [0.717, 1.165) is 22.6 Å². The van der Waals surface area contributed by atoms with Crippen LogP contribution in [0.3, 0.4) is 0 Å². The van der Waals surface area contributed by atoms with E-state index in [4.69, 9.17) is 0 Å². The smallest absolute Gasteiger partial charge is 0.320 e. The average Bonchev–Trinajstić information content (AvgIpc) is 3.18. The van der Waals surface area contributed by atoms with Gasteiger partial charge in [-0.25, -0.2) is 9.78 Å². The molecule has 13 nitrogen and oxygen atoms in total. The van der Waals surface area contributed by atoms with Crippen LogP contribution in [0, 0.1) is 0 Å². The van der Waals surface area contributed by atoms with Gasteiger partial charge in [0.25, 0.3) is 5.91 Å². The van der Waals surface area contributed by atoms with Gasteiger partial charge in [-0.15, -0.1) is 10.2 Å². The summed E-state index contributed by atoms with van der Waals surface area (Å²) in [5.41, 5.74) is 3.70. The summed E-state index contributed by atoms with van der Waals surface area (Å²) in [7, 11) is 10.8. The minimum atomic E-state index is -0.489. The van der Waals surface area contributed by atoms with E-state index in [9.17, 15) is 9.59 Å². The Hall–Kier alpha value is -4.10. The van der Waals surface area contributed by atoms with Crippen LogP contribution in [-0.2, 0) is 7.05 Å². The van der Waals surface area contributed by atoms with Crippen molar-refractivity contribution in [3.05, 3.63) is 29.7 Å². The van der Waals surface area contributed by atoms with E-state index in [1.165, 1.54) is 7.05 Å². The van der Waals surface area contributed by atoms with Crippen LogP contribution in [0.15, 0.2) is 18.3 Å². The molecule has 3 aromatic rings. The van der Waals surface area contributed by atoms with Crippen molar-refractivity contribution in [2.45, 2.75) is 18.2 Å². The molecule has 4 heterocycles. The number of hydrogen-bond acceptors (Lipinski definition) is 9. The highest BCUT2D eigenvalue weighted by molar-refractivity contribution is 6.60. The summed E-state index contributed by atoms with van der Waals surface area (Å²) in [6.45, 7) is 2.04. The largest absolute Gasteiger partial charge is 0.368 e. The monoisotopic (exact) mass is 473 g/mol. The molecule has 0 fully saturated rings. The molecule has 1 aliphatic heterocycles. The van der Waals surface area contributed by atoms with E-state index in [-0.39, 0.29) is 17.6 Å². The molecule has 3 amide bonds. The number of aryl methyl sites for hydroxylation is 1. The fourth-order valence-corrected chi connectivity index (χ4v) is 3.79. The molecule has 1 aliphatic rings. The summed E-state index contributed by atoms with van der Waals surface area (Å²) in [5.74, 6) is 0.250. The Bertz CT molecular complexity index is 1310. The molecule has 0 aromatic carbocycles. The number of urea groups is 1. The third kappa shape index (κ3) is 4.77. The highest BCUT2D eigenvalue weighted by Gasteiger charge is 2.33. The van der Waals surface area contributed by atoms with Crippen LogP contribution in [0.1, 0.15) is 29.1 Å². The molecule has 16 heteroatoms. The van der Waals surface area contributed by atoms with Crippen molar-refractivity contribution in [3.63, 3.8) is 0 Å². The van der Waals surface area contributed by atoms with Crippen molar-refractivity contribution in [1.82, 2.24) is 40.8 Å². The van der Waals surface area contributed by atoms with Gasteiger partial charge in [0.1, 0.15) is 34.9 Å². The van der Waals surface area contributed by atoms with Crippen LogP contribution >= 0.6 is 0 Å². The maximum atomic E-state index is 13.0.